The first-order chi connectivity index (χ1) is 5.75. The second kappa shape index (κ2) is 3.67. The Balaban J connectivity index is 3.07. The zero-order valence-corrected chi connectivity index (χ0v) is 6.49. The molecular formula is C9H8NO2. The molecule has 0 aliphatic carbocycles. The Morgan fingerprint density at radius 1 is 1.75 bits per heavy atom. The Labute approximate surface area is 70.5 Å². The largest absolute Gasteiger partial charge is 0.280 e. The predicted molar refractivity (Wildman–Crippen MR) is 45.8 cm³/mol. The monoisotopic (exact) mass is 162 g/mol. The van der Waals surface area contributed by atoms with Gasteiger partial charge in [0.25, 0.3) is 5.69 Å². The number of nitrogens with zero attached hydrogens (tertiary/aromatic N) is 1. The first-order valence-corrected chi connectivity index (χ1v) is 3.50. The summed E-state index contributed by atoms with van der Waals surface area (Å²) in [6.07, 6.45) is 2.14. The number of nitro benzene ring substituents is 1. The molecule has 12 heavy (non-hydrogen) atoms. The maximum atomic E-state index is 10.4. The van der Waals surface area contributed by atoms with Gasteiger partial charge in [0.05, 0.1) is 11.0 Å². The maximum Gasteiger partial charge on any atom is 0.280 e. The van der Waals surface area contributed by atoms with Crippen LogP contribution in [-0.2, 0) is 6.42 Å². The van der Waals surface area contributed by atoms with Crippen molar-refractivity contribution in [2.24, 2.45) is 0 Å². The van der Waals surface area contributed by atoms with E-state index < -0.39 is 4.92 Å². The lowest BCUT2D eigenvalue weighted by Crippen LogP contribution is -1.93. The molecule has 0 unspecified atom stereocenters. The number of nitro groups is 1. The van der Waals surface area contributed by atoms with Gasteiger partial charge in [-0.1, -0.05) is 18.2 Å². The van der Waals surface area contributed by atoms with Crippen LogP contribution in [0.15, 0.2) is 30.9 Å². The van der Waals surface area contributed by atoms with Gasteiger partial charge >= 0.3 is 0 Å². The topological polar surface area (TPSA) is 43.1 Å². The number of benzene rings is 1. The van der Waals surface area contributed by atoms with Gasteiger partial charge in [0.1, 0.15) is 0 Å². The zero-order valence-electron chi connectivity index (χ0n) is 6.49. The Hall–Kier alpha value is -1.64. The Bertz CT molecular complexity index is 307. The van der Waals surface area contributed by atoms with Gasteiger partial charge in [-0.2, -0.15) is 0 Å². The highest BCUT2D eigenvalue weighted by molar-refractivity contribution is 5.39. The lowest BCUT2D eigenvalue weighted by Gasteiger charge is -1.96. The molecule has 0 fully saturated rings. The van der Waals surface area contributed by atoms with Crippen LogP contribution < -0.4 is 0 Å². The van der Waals surface area contributed by atoms with E-state index >= 15 is 0 Å². The molecule has 0 aromatic heterocycles. The van der Waals surface area contributed by atoms with Crippen LogP contribution in [0.3, 0.4) is 0 Å². The van der Waals surface area contributed by atoms with Crippen molar-refractivity contribution in [3.8, 4) is 0 Å². The van der Waals surface area contributed by atoms with Gasteiger partial charge in [-0.3, -0.25) is 10.1 Å². The third kappa shape index (κ3) is 1.69. The molecule has 3 heteroatoms. The van der Waals surface area contributed by atoms with Crippen molar-refractivity contribution in [1.82, 2.24) is 0 Å². The van der Waals surface area contributed by atoms with E-state index in [-0.39, 0.29) is 5.69 Å². The fourth-order valence-corrected chi connectivity index (χ4v) is 0.953. The Morgan fingerprint density at radius 3 is 3.08 bits per heavy atom. The minimum atomic E-state index is -0.432. The van der Waals surface area contributed by atoms with Crippen LogP contribution in [0.25, 0.3) is 0 Å². The molecule has 1 rings (SSSR count). The highest BCUT2D eigenvalue weighted by atomic mass is 16.6. The molecule has 0 heterocycles. The van der Waals surface area contributed by atoms with E-state index in [9.17, 15) is 10.1 Å². The van der Waals surface area contributed by atoms with Crippen molar-refractivity contribution in [2.75, 3.05) is 0 Å². The van der Waals surface area contributed by atoms with Crippen LogP contribution in [0.5, 0.6) is 0 Å². The average Bonchev–Trinajstić information content (AvgIpc) is 2.05. The summed E-state index contributed by atoms with van der Waals surface area (Å²) in [5, 5.41) is 10.4. The van der Waals surface area contributed by atoms with Crippen LogP contribution >= 0.6 is 0 Å². The Morgan fingerprint density at radius 2 is 2.50 bits per heavy atom. The van der Waals surface area contributed by atoms with E-state index in [2.05, 4.69) is 12.6 Å². The van der Waals surface area contributed by atoms with Gasteiger partial charge in [-0.25, -0.2) is 0 Å². The highest BCUT2D eigenvalue weighted by Crippen LogP contribution is 2.17. The first-order valence-electron chi connectivity index (χ1n) is 3.50. The van der Waals surface area contributed by atoms with E-state index in [4.69, 9.17) is 0 Å². The van der Waals surface area contributed by atoms with Crippen LogP contribution in [-0.4, -0.2) is 4.92 Å². The molecular weight excluding hydrogens is 154 g/mol. The van der Waals surface area contributed by atoms with Gasteiger partial charge in [-0.05, 0) is 12.5 Å². The first kappa shape index (κ1) is 8.46. The lowest BCUT2D eigenvalue weighted by molar-refractivity contribution is -0.385. The zero-order chi connectivity index (χ0) is 8.97. The molecule has 1 aromatic carbocycles. The van der Waals surface area contributed by atoms with E-state index in [0.717, 1.165) is 0 Å². The quantitative estimate of drug-likeness (QED) is 0.388. The van der Waals surface area contributed by atoms with Gasteiger partial charge in [0.15, 0.2) is 0 Å². The third-order valence-corrected chi connectivity index (χ3v) is 1.46. The number of hydrogen-bond acceptors (Lipinski definition) is 2. The molecule has 0 atom stereocenters. The molecule has 0 aliphatic rings. The van der Waals surface area contributed by atoms with Crippen molar-refractivity contribution < 1.29 is 4.92 Å². The van der Waals surface area contributed by atoms with Crippen LogP contribution in [0.4, 0.5) is 5.69 Å². The van der Waals surface area contributed by atoms with E-state index in [0.29, 0.717) is 12.0 Å². The van der Waals surface area contributed by atoms with Crippen molar-refractivity contribution in [3.05, 3.63) is 52.6 Å². The number of para-hydroxylation sites is 1. The van der Waals surface area contributed by atoms with Gasteiger partial charge in [0, 0.05) is 5.56 Å². The molecule has 61 valence electrons. The summed E-state index contributed by atoms with van der Waals surface area (Å²) in [5.74, 6) is 0. The molecule has 0 aliphatic heterocycles. The van der Waals surface area contributed by atoms with Crippen LogP contribution in [0.1, 0.15) is 5.56 Å². The maximum absolute atomic E-state index is 10.4. The second-order valence-corrected chi connectivity index (χ2v) is 2.29. The molecule has 1 radical (unpaired) electrons. The SMILES string of the molecule is C=CCc1ccc[c]c1[N+](=O)[O-]. The van der Waals surface area contributed by atoms with Crippen molar-refractivity contribution in [1.29, 1.82) is 0 Å². The summed E-state index contributed by atoms with van der Waals surface area (Å²) in [6, 6.07) is 7.54. The summed E-state index contributed by atoms with van der Waals surface area (Å²) < 4.78 is 0. The third-order valence-electron chi connectivity index (χ3n) is 1.46. The fourth-order valence-electron chi connectivity index (χ4n) is 0.953. The number of hydrogen-bond donors (Lipinski definition) is 0. The van der Waals surface area contributed by atoms with Crippen molar-refractivity contribution in [3.63, 3.8) is 0 Å². The summed E-state index contributed by atoms with van der Waals surface area (Å²) in [4.78, 5) is 10.0. The van der Waals surface area contributed by atoms with Crippen molar-refractivity contribution in [2.45, 2.75) is 6.42 Å². The minimum Gasteiger partial charge on any atom is -0.258 e. The molecule has 0 spiro atoms. The number of rotatable bonds is 3. The molecule has 0 bridgehead atoms. The predicted octanol–water partition coefficient (Wildman–Crippen LogP) is 2.12. The molecule has 1 aromatic rings. The van der Waals surface area contributed by atoms with Gasteiger partial charge in [0.2, 0.25) is 0 Å². The second-order valence-electron chi connectivity index (χ2n) is 2.29. The van der Waals surface area contributed by atoms with E-state index in [1.165, 1.54) is 6.07 Å². The average molecular weight is 162 g/mol. The van der Waals surface area contributed by atoms with Crippen LogP contribution in [0.2, 0.25) is 0 Å². The molecule has 0 saturated carbocycles. The van der Waals surface area contributed by atoms with E-state index in [1.54, 1.807) is 18.2 Å². The van der Waals surface area contributed by atoms with Crippen molar-refractivity contribution >= 4 is 5.69 Å². The molecule has 0 N–H and O–H groups in total. The summed E-state index contributed by atoms with van der Waals surface area (Å²) in [7, 11) is 0. The van der Waals surface area contributed by atoms with E-state index in [1.807, 2.05) is 0 Å². The highest BCUT2D eigenvalue weighted by Gasteiger charge is 2.10. The lowest BCUT2D eigenvalue weighted by atomic mass is 10.1. The van der Waals surface area contributed by atoms with Gasteiger partial charge < -0.3 is 0 Å². The summed E-state index contributed by atoms with van der Waals surface area (Å²) in [6.45, 7) is 3.52. The molecule has 0 amide bonds. The van der Waals surface area contributed by atoms with Crippen LogP contribution in [0, 0.1) is 16.2 Å². The fraction of sp³-hybridized carbons (Fsp3) is 0.111. The molecule has 3 nitrogen and oxygen atoms in total. The summed E-state index contributed by atoms with van der Waals surface area (Å²) >= 11 is 0. The standard InChI is InChI=1S/C9H8NO2/c1-2-5-8-6-3-4-7-9(8)10(11)12/h2-4,6H,1,5H2. The molecule has 0 saturated heterocycles. The minimum absolute atomic E-state index is 0.0393. The normalized spacial score (nSPS) is 9.33. The van der Waals surface area contributed by atoms with Gasteiger partial charge in [-0.15, -0.1) is 6.58 Å². The number of allylic oxidation sites excluding steroid dienone is 1. The Kier molecular flexibility index (Phi) is 2.58. The smallest absolute Gasteiger partial charge is 0.258 e. The summed E-state index contributed by atoms with van der Waals surface area (Å²) in [5.41, 5.74) is 0.690.